The molecule has 2 fully saturated rings. The summed E-state index contributed by atoms with van der Waals surface area (Å²) in [5.74, 6) is 1.49. The minimum atomic E-state index is -0.0167. The molecule has 9 heteroatoms. The van der Waals surface area contributed by atoms with Crippen LogP contribution in [0.2, 0.25) is 0 Å². The lowest BCUT2D eigenvalue weighted by Crippen LogP contribution is -2.56. The Labute approximate surface area is 186 Å². The van der Waals surface area contributed by atoms with Crippen LogP contribution >= 0.6 is 24.0 Å². The third-order valence-corrected chi connectivity index (χ3v) is 5.23. The highest BCUT2D eigenvalue weighted by atomic mass is 127. The van der Waals surface area contributed by atoms with Crippen molar-refractivity contribution in [2.45, 2.75) is 32.7 Å². The van der Waals surface area contributed by atoms with Crippen molar-refractivity contribution in [1.82, 2.24) is 24.9 Å². The van der Waals surface area contributed by atoms with Crippen LogP contribution in [0.25, 0.3) is 0 Å². The van der Waals surface area contributed by atoms with E-state index >= 15 is 0 Å². The lowest BCUT2D eigenvalue weighted by Gasteiger charge is -2.38. The fourth-order valence-electron chi connectivity index (χ4n) is 3.42. The van der Waals surface area contributed by atoms with Gasteiger partial charge in [0.05, 0.1) is 6.04 Å². The summed E-state index contributed by atoms with van der Waals surface area (Å²) in [4.78, 5) is 37.1. The molecule has 0 spiro atoms. The standard InChI is InChI=1S/C19H36N6O2.HI/c1-15(2)13-20-19(21-14-17(26)22(3)4)25-11-9-24(10-12-25)18(27)16-7-6-8-23(16)5;/h15-16H,6-14H2,1-5H3,(H,20,21);1H. The molecule has 0 aromatic heterocycles. The van der Waals surface area contributed by atoms with E-state index in [0.29, 0.717) is 19.0 Å². The zero-order valence-electron chi connectivity index (χ0n) is 18.0. The summed E-state index contributed by atoms with van der Waals surface area (Å²) in [5, 5.41) is 3.38. The molecule has 2 amide bonds. The third kappa shape index (κ3) is 7.06. The molecule has 0 aromatic carbocycles. The molecule has 1 unspecified atom stereocenters. The Hall–Kier alpha value is -1.10. The fourth-order valence-corrected chi connectivity index (χ4v) is 3.42. The van der Waals surface area contributed by atoms with E-state index in [0.717, 1.165) is 45.0 Å². The number of halogens is 1. The number of nitrogens with one attached hydrogen (secondary N) is 1. The number of guanidine groups is 1. The Morgan fingerprint density at radius 2 is 1.71 bits per heavy atom. The summed E-state index contributed by atoms with van der Waals surface area (Å²) in [6.07, 6.45) is 2.06. The maximum atomic E-state index is 12.8. The topological polar surface area (TPSA) is 71.5 Å². The van der Waals surface area contributed by atoms with Gasteiger partial charge in [-0.15, -0.1) is 24.0 Å². The van der Waals surface area contributed by atoms with E-state index < -0.39 is 0 Å². The molecule has 8 nitrogen and oxygen atoms in total. The number of likely N-dealkylation sites (N-methyl/N-ethyl adjacent to an activating group) is 2. The minimum Gasteiger partial charge on any atom is -0.356 e. The van der Waals surface area contributed by atoms with Gasteiger partial charge < -0.3 is 20.0 Å². The van der Waals surface area contributed by atoms with E-state index in [1.807, 2.05) is 11.9 Å². The van der Waals surface area contributed by atoms with Crippen LogP contribution in [-0.2, 0) is 9.59 Å². The predicted octanol–water partition coefficient (Wildman–Crippen LogP) is 0.533. The molecule has 1 atom stereocenters. The molecule has 2 saturated heterocycles. The molecular weight excluding hydrogens is 471 g/mol. The van der Waals surface area contributed by atoms with Crippen LogP contribution in [-0.4, -0.2) is 110 Å². The van der Waals surface area contributed by atoms with Crippen LogP contribution < -0.4 is 5.32 Å². The van der Waals surface area contributed by atoms with Crippen molar-refractivity contribution in [3.05, 3.63) is 0 Å². The van der Waals surface area contributed by atoms with Crippen LogP contribution in [0.15, 0.2) is 4.99 Å². The summed E-state index contributed by atoms with van der Waals surface area (Å²) in [7, 11) is 5.52. The molecule has 0 bridgehead atoms. The number of hydrogen-bond donors (Lipinski definition) is 1. The van der Waals surface area contributed by atoms with Crippen LogP contribution in [0, 0.1) is 5.92 Å². The van der Waals surface area contributed by atoms with E-state index in [1.165, 1.54) is 0 Å². The number of carbonyl (C=O) groups excluding carboxylic acids is 2. The average Bonchev–Trinajstić information content (AvgIpc) is 3.06. The molecule has 2 heterocycles. The molecule has 2 rings (SSSR count). The fraction of sp³-hybridized carbons (Fsp3) is 0.842. The van der Waals surface area contributed by atoms with Gasteiger partial charge in [-0.25, -0.2) is 4.99 Å². The third-order valence-electron chi connectivity index (χ3n) is 5.23. The number of amides is 2. The first kappa shape index (κ1) is 24.9. The van der Waals surface area contributed by atoms with Gasteiger partial charge >= 0.3 is 0 Å². The second-order valence-corrected chi connectivity index (χ2v) is 8.15. The normalized spacial score (nSPS) is 20.9. The van der Waals surface area contributed by atoms with Gasteiger partial charge in [0.1, 0.15) is 6.54 Å². The summed E-state index contributed by atoms with van der Waals surface area (Å²) in [5.41, 5.74) is 0. The molecule has 0 aliphatic carbocycles. The van der Waals surface area contributed by atoms with Crippen molar-refractivity contribution in [3.63, 3.8) is 0 Å². The minimum absolute atomic E-state index is 0. The molecule has 162 valence electrons. The average molecular weight is 508 g/mol. The lowest BCUT2D eigenvalue weighted by molar-refractivity contribution is -0.136. The maximum Gasteiger partial charge on any atom is 0.243 e. The molecular formula is C19H37IN6O2. The molecule has 2 aliphatic heterocycles. The first-order valence-electron chi connectivity index (χ1n) is 10.0. The number of likely N-dealkylation sites (tertiary alicyclic amines) is 1. The Balaban J connectivity index is 0.00000392. The van der Waals surface area contributed by atoms with Gasteiger partial charge in [0.25, 0.3) is 0 Å². The molecule has 28 heavy (non-hydrogen) atoms. The molecule has 2 aliphatic rings. The summed E-state index contributed by atoms with van der Waals surface area (Å²) in [6.45, 7) is 9.12. The van der Waals surface area contributed by atoms with E-state index in [1.54, 1.807) is 19.0 Å². The van der Waals surface area contributed by atoms with Crippen molar-refractivity contribution in [2.24, 2.45) is 10.9 Å². The van der Waals surface area contributed by atoms with Crippen LogP contribution in [0.1, 0.15) is 26.7 Å². The van der Waals surface area contributed by atoms with Crippen LogP contribution in [0.4, 0.5) is 0 Å². The van der Waals surface area contributed by atoms with Gasteiger partial charge in [-0.05, 0) is 32.4 Å². The van der Waals surface area contributed by atoms with Crippen LogP contribution in [0.3, 0.4) is 0 Å². The quantitative estimate of drug-likeness (QED) is 0.334. The van der Waals surface area contributed by atoms with Crippen LogP contribution in [0.5, 0.6) is 0 Å². The first-order chi connectivity index (χ1) is 12.8. The highest BCUT2D eigenvalue weighted by Crippen LogP contribution is 2.18. The van der Waals surface area contributed by atoms with Gasteiger partial charge in [0.2, 0.25) is 11.8 Å². The summed E-state index contributed by atoms with van der Waals surface area (Å²) in [6, 6.07) is 0.0430. The highest BCUT2D eigenvalue weighted by Gasteiger charge is 2.33. The van der Waals surface area contributed by atoms with Gasteiger partial charge in [-0.2, -0.15) is 0 Å². The zero-order chi connectivity index (χ0) is 20.0. The summed E-state index contributed by atoms with van der Waals surface area (Å²) >= 11 is 0. The Kier molecular flexibility index (Phi) is 10.5. The second-order valence-electron chi connectivity index (χ2n) is 8.15. The van der Waals surface area contributed by atoms with Crippen molar-refractivity contribution in [2.75, 3.05) is 67.0 Å². The van der Waals surface area contributed by atoms with Gasteiger partial charge in [-0.3, -0.25) is 14.5 Å². The second kappa shape index (κ2) is 11.8. The largest absolute Gasteiger partial charge is 0.356 e. The Morgan fingerprint density at radius 3 is 2.21 bits per heavy atom. The lowest BCUT2D eigenvalue weighted by atomic mass is 10.1. The Morgan fingerprint density at radius 1 is 1.11 bits per heavy atom. The number of aliphatic imine (C=N–C) groups is 1. The Bertz CT molecular complexity index is 547. The number of piperazine rings is 1. The number of rotatable bonds is 5. The van der Waals surface area contributed by atoms with E-state index in [4.69, 9.17) is 0 Å². The van der Waals surface area contributed by atoms with E-state index in [9.17, 15) is 9.59 Å². The molecule has 0 saturated carbocycles. The predicted molar refractivity (Wildman–Crippen MR) is 123 cm³/mol. The van der Waals surface area contributed by atoms with Crippen molar-refractivity contribution < 1.29 is 9.59 Å². The highest BCUT2D eigenvalue weighted by molar-refractivity contribution is 14.0. The smallest absolute Gasteiger partial charge is 0.243 e. The zero-order valence-corrected chi connectivity index (χ0v) is 20.3. The number of carbonyl (C=O) groups is 2. The van der Waals surface area contributed by atoms with Crippen molar-refractivity contribution in [1.29, 1.82) is 0 Å². The maximum absolute atomic E-state index is 12.8. The van der Waals surface area contributed by atoms with Gasteiger partial charge in [0.15, 0.2) is 5.96 Å². The van der Waals surface area contributed by atoms with Crippen molar-refractivity contribution in [3.8, 4) is 0 Å². The van der Waals surface area contributed by atoms with Crippen molar-refractivity contribution >= 4 is 41.8 Å². The SMILES string of the molecule is CC(C)CNC(=NCC(=O)N(C)C)N1CCN(C(=O)C2CCCN2C)CC1.I. The van der Waals surface area contributed by atoms with E-state index in [2.05, 4.69) is 34.0 Å². The van der Waals surface area contributed by atoms with Gasteiger partial charge in [0, 0.05) is 46.8 Å². The molecule has 0 aromatic rings. The molecule has 0 radical (unpaired) electrons. The van der Waals surface area contributed by atoms with E-state index in [-0.39, 0.29) is 48.4 Å². The monoisotopic (exact) mass is 508 g/mol. The first-order valence-corrected chi connectivity index (χ1v) is 10.0. The molecule has 1 N–H and O–H groups in total. The number of hydrogen-bond acceptors (Lipinski definition) is 4. The van der Waals surface area contributed by atoms with Gasteiger partial charge in [-0.1, -0.05) is 13.8 Å². The number of nitrogens with zero attached hydrogens (tertiary/aromatic N) is 5. The summed E-state index contributed by atoms with van der Waals surface area (Å²) < 4.78 is 0.